The van der Waals surface area contributed by atoms with Gasteiger partial charge in [0, 0.05) is 17.9 Å². The lowest BCUT2D eigenvalue weighted by Crippen LogP contribution is -2.50. The van der Waals surface area contributed by atoms with Crippen LogP contribution in [0.3, 0.4) is 0 Å². The zero-order valence-electron chi connectivity index (χ0n) is 17.8. The molecule has 152 valence electrons. The van der Waals surface area contributed by atoms with Crippen molar-refractivity contribution in [3.05, 3.63) is 108 Å². The normalized spacial score (nSPS) is 15.4. The van der Waals surface area contributed by atoms with Gasteiger partial charge in [-0.1, -0.05) is 96.9 Å². The van der Waals surface area contributed by atoms with Crippen molar-refractivity contribution in [3.8, 4) is 11.8 Å². The Morgan fingerprint density at radius 2 is 1.17 bits per heavy atom. The molecule has 0 atom stereocenters. The molecule has 1 nitrogen and oxygen atoms in total. The summed E-state index contributed by atoms with van der Waals surface area (Å²) >= 11 is 0. The quantitative estimate of drug-likeness (QED) is 0.335. The molecule has 0 saturated carbocycles. The Bertz CT molecular complexity index is 905. The molecule has 3 aromatic carbocycles. The van der Waals surface area contributed by atoms with Crippen LogP contribution in [0.5, 0.6) is 0 Å². The van der Waals surface area contributed by atoms with E-state index in [1.54, 1.807) is 0 Å². The first-order valence-corrected chi connectivity index (χ1v) is 11.3. The largest absolute Gasteiger partial charge is 0.310 e. The second-order valence-corrected chi connectivity index (χ2v) is 8.58. The fourth-order valence-electron chi connectivity index (χ4n) is 4.72. The van der Waals surface area contributed by atoms with E-state index in [0.717, 1.165) is 24.0 Å². The standard InChI is InChI=1S/C29H32N/c1-5-15-26(16-6-1)25-30(22-12-4-13-23-30)24-14-11-21-29(27-17-7-2-8-18-27)28-19-9-3-10-20-28/h1-3,5-10,15-20,29H,4,12-13,21-25H2/q+1. The molecule has 0 aliphatic carbocycles. The Morgan fingerprint density at radius 3 is 1.73 bits per heavy atom. The maximum atomic E-state index is 3.61. The SMILES string of the molecule is C(#CC[N+]1(Cc2ccccc2)CCCCC1)CC(c1ccccc1)c1ccccc1. The summed E-state index contributed by atoms with van der Waals surface area (Å²) in [5, 5.41) is 0. The molecule has 0 N–H and O–H groups in total. The van der Waals surface area contributed by atoms with Crippen LogP contribution in [-0.2, 0) is 6.54 Å². The molecule has 0 amide bonds. The van der Waals surface area contributed by atoms with E-state index < -0.39 is 0 Å². The lowest BCUT2D eigenvalue weighted by molar-refractivity contribution is -0.938. The molecule has 0 bridgehead atoms. The minimum Gasteiger partial charge on any atom is -0.310 e. The first-order chi connectivity index (χ1) is 14.8. The summed E-state index contributed by atoms with van der Waals surface area (Å²) in [6, 6.07) is 32.6. The molecule has 1 heterocycles. The van der Waals surface area contributed by atoms with Crippen LogP contribution in [0.4, 0.5) is 0 Å². The van der Waals surface area contributed by atoms with Crippen LogP contribution in [0.15, 0.2) is 91.0 Å². The topological polar surface area (TPSA) is 0 Å². The first kappa shape index (κ1) is 20.5. The highest BCUT2D eigenvalue weighted by molar-refractivity contribution is 5.33. The Labute approximate surface area is 182 Å². The highest BCUT2D eigenvalue weighted by Crippen LogP contribution is 2.27. The van der Waals surface area contributed by atoms with Crippen molar-refractivity contribution in [2.24, 2.45) is 0 Å². The Kier molecular flexibility index (Phi) is 7.01. The van der Waals surface area contributed by atoms with E-state index in [1.807, 2.05) is 0 Å². The smallest absolute Gasteiger partial charge is 0.141 e. The zero-order valence-corrected chi connectivity index (χ0v) is 17.8. The van der Waals surface area contributed by atoms with Gasteiger partial charge in [0.05, 0.1) is 13.1 Å². The number of rotatable bonds is 6. The van der Waals surface area contributed by atoms with Gasteiger partial charge >= 0.3 is 0 Å². The Balaban J connectivity index is 1.49. The number of piperidine rings is 1. The third-order valence-electron chi connectivity index (χ3n) is 6.38. The highest BCUT2D eigenvalue weighted by Gasteiger charge is 2.29. The zero-order chi connectivity index (χ0) is 20.5. The van der Waals surface area contributed by atoms with E-state index in [4.69, 9.17) is 0 Å². The van der Waals surface area contributed by atoms with Crippen LogP contribution in [0.2, 0.25) is 0 Å². The van der Waals surface area contributed by atoms with Crippen molar-refractivity contribution >= 4 is 0 Å². The van der Waals surface area contributed by atoms with Gasteiger partial charge in [0.15, 0.2) is 0 Å². The van der Waals surface area contributed by atoms with Crippen LogP contribution < -0.4 is 0 Å². The van der Waals surface area contributed by atoms with Crippen LogP contribution in [-0.4, -0.2) is 24.1 Å². The summed E-state index contributed by atoms with van der Waals surface area (Å²) in [6.45, 7) is 4.58. The van der Waals surface area contributed by atoms with Gasteiger partial charge in [-0.2, -0.15) is 0 Å². The Morgan fingerprint density at radius 1 is 0.633 bits per heavy atom. The van der Waals surface area contributed by atoms with Gasteiger partial charge in [0.25, 0.3) is 0 Å². The lowest BCUT2D eigenvalue weighted by Gasteiger charge is -2.40. The summed E-state index contributed by atoms with van der Waals surface area (Å²) in [4.78, 5) is 0. The average molecular weight is 395 g/mol. The Hall–Kier alpha value is -2.82. The van der Waals surface area contributed by atoms with Crippen molar-refractivity contribution in [3.63, 3.8) is 0 Å². The number of nitrogens with zero attached hydrogens (tertiary/aromatic N) is 1. The fourth-order valence-corrected chi connectivity index (χ4v) is 4.72. The van der Waals surface area contributed by atoms with Crippen molar-refractivity contribution in [1.29, 1.82) is 0 Å². The molecule has 1 aliphatic heterocycles. The van der Waals surface area contributed by atoms with Crippen LogP contribution >= 0.6 is 0 Å². The number of hydrogen-bond acceptors (Lipinski definition) is 0. The lowest BCUT2D eigenvalue weighted by atomic mass is 9.89. The molecular formula is C29H32N+. The monoisotopic (exact) mass is 394 g/mol. The van der Waals surface area contributed by atoms with Crippen molar-refractivity contribution in [2.75, 3.05) is 19.6 Å². The minimum absolute atomic E-state index is 0.337. The van der Waals surface area contributed by atoms with Gasteiger partial charge in [0.2, 0.25) is 0 Å². The second kappa shape index (κ2) is 10.3. The fraction of sp³-hybridized carbons (Fsp3) is 0.310. The van der Waals surface area contributed by atoms with E-state index in [2.05, 4.69) is 103 Å². The summed E-state index contributed by atoms with van der Waals surface area (Å²) < 4.78 is 1.12. The van der Waals surface area contributed by atoms with Crippen LogP contribution in [0.1, 0.15) is 48.3 Å². The molecular weight excluding hydrogens is 362 g/mol. The first-order valence-electron chi connectivity index (χ1n) is 11.3. The van der Waals surface area contributed by atoms with Crippen molar-refractivity contribution in [2.45, 2.75) is 38.1 Å². The third-order valence-corrected chi connectivity index (χ3v) is 6.38. The molecule has 0 unspecified atom stereocenters. The number of hydrogen-bond donors (Lipinski definition) is 0. The molecule has 0 aromatic heterocycles. The minimum atomic E-state index is 0.337. The average Bonchev–Trinajstić information content (AvgIpc) is 2.81. The predicted molar refractivity (Wildman–Crippen MR) is 126 cm³/mol. The predicted octanol–water partition coefficient (Wildman–Crippen LogP) is 6.41. The molecule has 4 rings (SSSR count). The highest BCUT2D eigenvalue weighted by atomic mass is 15.3. The van der Waals surface area contributed by atoms with E-state index in [1.165, 1.54) is 49.0 Å². The maximum Gasteiger partial charge on any atom is 0.141 e. The maximum absolute atomic E-state index is 3.61. The van der Waals surface area contributed by atoms with Crippen molar-refractivity contribution < 1.29 is 4.48 Å². The molecule has 0 radical (unpaired) electrons. The van der Waals surface area contributed by atoms with Gasteiger partial charge in [-0.05, 0) is 36.3 Å². The second-order valence-electron chi connectivity index (χ2n) is 8.58. The van der Waals surface area contributed by atoms with Gasteiger partial charge in [0.1, 0.15) is 13.1 Å². The summed E-state index contributed by atoms with van der Waals surface area (Å²) in [6.07, 6.45) is 4.89. The summed E-state index contributed by atoms with van der Waals surface area (Å²) in [7, 11) is 0. The third kappa shape index (κ3) is 5.41. The van der Waals surface area contributed by atoms with Crippen LogP contribution in [0, 0.1) is 11.8 Å². The van der Waals surface area contributed by atoms with E-state index in [9.17, 15) is 0 Å². The molecule has 1 aliphatic rings. The molecule has 3 aromatic rings. The summed E-state index contributed by atoms with van der Waals surface area (Å²) in [5.74, 6) is 7.52. The van der Waals surface area contributed by atoms with Gasteiger partial charge in [-0.15, -0.1) is 0 Å². The van der Waals surface area contributed by atoms with E-state index in [0.29, 0.717) is 5.92 Å². The van der Waals surface area contributed by atoms with Gasteiger partial charge in [-0.3, -0.25) is 0 Å². The number of likely N-dealkylation sites (tertiary alicyclic amines) is 1. The number of benzene rings is 3. The molecule has 1 saturated heterocycles. The molecule has 1 fully saturated rings. The van der Waals surface area contributed by atoms with Crippen molar-refractivity contribution in [1.82, 2.24) is 0 Å². The molecule has 30 heavy (non-hydrogen) atoms. The van der Waals surface area contributed by atoms with Gasteiger partial charge in [-0.25, -0.2) is 0 Å². The summed E-state index contributed by atoms with van der Waals surface area (Å²) in [5.41, 5.74) is 4.14. The number of quaternary nitrogens is 1. The molecule has 0 spiro atoms. The van der Waals surface area contributed by atoms with E-state index in [-0.39, 0.29) is 0 Å². The van der Waals surface area contributed by atoms with Gasteiger partial charge < -0.3 is 4.48 Å². The van der Waals surface area contributed by atoms with Crippen LogP contribution in [0.25, 0.3) is 0 Å². The molecule has 1 heteroatoms. The van der Waals surface area contributed by atoms with E-state index >= 15 is 0 Å².